The van der Waals surface area contributed by atoms with Gasteiger partial charge in [0.1, 0.15) is 0 Å². The first-order valence-corrected chi connectivity index (χ1v) is 4.01. The van der Waals surface area contributed by atoms with Gasteiger partial charge in [0, 0.05) is 11.1 Å². The summed E-state index contributed by atoms with van der Waals surface area (Å²) in [5.41, 5.74) is 1.39. The van der Waals surface area contributed by atoms with Crippen LogP contribution >= 0.6 is 11.6 Å². The van der Waals surface area contributed by atoms with Gasteiger partial charge in [0.15, 0.2) is 0 Å². The Hall–Kier alpha value is -1.35. The third kappa shape index (κ3) is 2.06. The summed E-state index contributed by atoms with van der Waals surface area (Å²) in [6.45, 7) is 5.42. The van der Waals surface area contributed by atoms with E-state index < -0.39 is 0 Å². The van der Waals surface area contributed by atoms with Crippen molar-refractivity contribution in [2.24, 2.45) is 0 Å². The number of benzene rings is 1. The maximum Gasteiger partial charge on any atom is 0.325 e. The molecule has 0 unspecified atom stereocenters. The molecule has 0 saturated carbocycles. The van der Waals surface area contributed by atoms with Crippen molar-refractivity contribution in [3.8, 4) is 0 Å². The predicted octanol–water partition coefficient (Wildman–Crippen LogP) is 3.17. The van der Waals surface area contributed by atoms with Gasteiger partial charge < -0.3 is 0 Å². The second kappa shape index (κ2) is 3.58. The fraction of sp³-hybridized carbons (Fsp3) is 0.111. The van der Waals surface area contributed by atoms with Crippen LogP contribution in [0.2, 0.25) is 5.02 Å². The van der Waals surface area contributed by atoms with Crippen molar-refractivity contribution in [2.75, 3.05) is 0 Å². The normalized spacial score (nSPS) is 9.69. The molecule has 0 aliphatic rings. The van der Waals surface area contributed by atoms with E-state index in [0.29, 0.717) is 16.2 Å². The maximum atomic E-state index is 10.7. The molecule has 13 heavy (non-hydrogen) atoms. The summed E-state index contributed by atoms with van der Waals surface area (Å²) in [6.07, 6.45) is 0. The van der Waals surface area contributed by atoms with Gasteiger partial charge in [-0.3, -0.25) is 0 Å². The summed E-state index contributed by atoms with van der Waals surface area (Å²) in [6, 6.07) is 4.66. The van der Waals surface area contributed by atoms with Crippen LogP contribution in [-0.4, -0.2) is 10.1 Å². The van der Waals surface area contributed by atoms with Gasteiger partial charge in [0.05, 0.1) is 10.5 Å². The maximum absolute atomic E-state index is 10.7. The van der Waals surface area contributed by atoms with Crippen LogP contribution in [0.15, 0.2) is 24.8 Å². The molecule has 0 saturated heterocycles. The Kier molecular flexibility index (Phi) is 2.68. The predicted molar refractivity (Wildman–Crippen MR) is 51.2 cm³/mol. The quantitative estimate of drug-likeness (QED) is 0.742. The summed E-state index contributed by atoms with van der Waals surface area (Å²) < 4.78 is 0. The van der Waals surface area contributed by atoms with Gasteiger partial charge in [-0.1, -0.05) is 18.2 Å². The van der Waals surface area contributed by atoms with E-state index in [4.69, 9.17) is 16.8 Å². The lowest BCUT2D eigenvalue weighted by Gasteiger charge is -1.98. The topological polar surface area (TPSA) is 40.3 Å². The summed E-state index contributed by atoms with van der Waals surface area (Å²) in [4.78, 5) is 10.5. The SMILES string of the molecule is C=C(C)c1ccc(Cl)cc1[N+](=O)O. The fourth-order valence-electron chi connectivity index (χ4n) is 1.02. The Morgan fingerprint density at radius 3 is 2.69 bits per heavy atom. The average molecular weight is 199 g/mol. The Bertz CT molecular complexity index is 374. The first kappa shape index (κ1) is 9.74. The minimum absolute atomic E-state index is 0.111. The summed E-state index contributed by atoms with van der Waals surface area (Å²) in [5.74, 6) is 0. The number of allylic oxidation sites excluding steroid dienone is 1. The minimum Gasteiger partial charge on any atom is -0.241 e. The van der Waals surface area contributed by atoms with Gasteiger partial charge in [-0.15, -0.1) is 0 Å². The second-order valence-electron chi connectivity index (χ2n) is 2.71. The molecule has 0 heterocycles. The molecule has 0 fully saturated rings. The van der Waals surface area contributed by atoms with Crippen molar-refractivity contribution in [3.05, 3.63) is 40.3 Å². The number of nitrogens with zero attached hydrogens (tertiary/aromatic N) is 1. The average Bonchev–Trinajstić information content (AvgIpc) is 2.03. The van der Waals surface area contributed by atoms with Crippen LogP contribution in [0, 0.1) is 4.91 Å². The van der Waals surface area contributed by atoms with Gasteiger partial charge in [-0.25, -0.2) is 5.21 Å². The molecule has 0 amide bonds. The molecule has 0 spiro atoms. The molecule has 68 valence electrons. The molecule has 0 bridgehead atoms. The van der Waals surface area contributed by atoms with E-state index in [1.54, 1.807) is 19.1 Å². The van der Waals surface area contributed by atoms with E-state index in [0.717, 1.165) is 0 Å². The molecule has 1 N–H and O–H groups in total. The van der Waals surface area contributed by atoms with Gasteiger partial charge in [-0.05, 0) is 24.6 Å². The minimum atomic E-state index is -0.212. The lowest BCUT2D eigenvalue weighted by atomic mass is 10.1. The molecule has 1 aromatic carbocycles. The smallest absolute Gasteiger partial charge is 0.241 e. The highest BCUT2D eigenvalue weighted by molar-refractivity contribution is 6.30. The molecular weight excluding hydrogens is 190 g/mol. The second-order valence-corrected chi connectivity index (χ2v) is 3.15. The Balaban J connectivity index is 3.35. The van der Waals surface area contributed by atoms with Crippen LogP contribution in [0.1, 0.15) is 12.5 Å². The molecule has 1 aromatic rings. The first-order chi connectivity index (χ1) is 6.02. The van der Waals surface area contributed by atoms with Crippen LogP contribution in [0.3, 0.4) is 0 Å². The number of rotatable bonds is 2. The van der Waals surface area contributed by atoms with E-state index in [1.807, 2.05) is 0 Å². The van der Waals surface area contributed by atoms with E-state index in [2.05, 4.69) is 6.58 Å². The number of halogens is 1. The molecular formula is C9H9ClNO2+. The van der Waals surface area contributed by atoms with Crippen molar-refractivity contribution in [1.82, 2.24) is 0 Å². The van der Waals surface area contributed by atoms with Crippen molar-refractivity contribution < 1.29 is 10.1 Å². The molecule has 4 heteroatoms. The highest BCUT2D eigenvalue weighted by Gasteiger charge is 2.18. The number of hydrogen-bond acceptors (Lipinski definition) is 1. The lowest BCUT2D eigenvalue weighted by molar-refractivity contribution is -0.729. The van der Waals surface area contributed by atoms with E-state index in [1.165, 1.54) is 6.07 Å². The standard InChI is InChI=1S/C9H9ClNO2/c1-6(2)8-4-3-7(10)5-9(8)11(12)13/h3-5H,1H2,2H3,(H,12,13)/q+1. The zero-order valence-corrected chi connectivity index (χ0v) is 7.88. The van der Waals surface area contributed by atoms with Gasteiger partial charge in [0.25, 0.3) is 4.92 Å². The van der Waals surface area contributed by atoms with E-state index in [9.17, 15) is 4.91 Å². The zero-order chi connectivity index (χ0) is 10.0. The molecule has 0 aliphatic heterocycles. The zero-order valence-electron chi connectivity index (χ0n) is 7.12. The van der Waals surface area contributed by atoms with Gasteiger partial charge in [-0.2, -0.15) is 0 Å². The Labute approximate surface area is 80.8 Å². The third-order valence-electron chi connectivity index (χ3n) is 1.63. The van der Waals surface area contributed by atoms with Crippen LogP contribution in [-0.2, 0) is 0 Å². The van der Waals surface area contributed by atoms with Crippen molar-refractivity contribution in [2.45, 2.75) is 6.92 Å². The molecule has 0 radical (unpaired) electrons. The highest BCUT2D eigenvalue weighted by Crippen LogP contribution is 2.27. The van der Waals surface area contributed by atoms with Crippen molar-refractivity contribution >= 4 is 22.9 Å². The molecule has 0 aliphatic carbocycles. The molecule has 0 atom stereocenters. The monoisotopic (exact) mass is 198 g/mol. The summed E-state index contributed by atoms with van der Waals surface area (Å²) >= 11 is 5.66. The van der Waals surface area contributed by atoms with E-state index in [-0.39, 0.29) is 10.6 Å². The third-order valence-corrected chi connectivity index (χ3v) is 1.86. The van der Waals surface area contributed by atoms with Crippen molar-refractivity contribution in [3.63, 3.8) is 0 Å². The van der Waals surface area contributed by atoms with Gasteiger partial charge in [0.2, 0.25) is 0 Å². The van der Waals surface area contributed by atoms with Gasteiger partial charge >= 0.3 is 5.69 Å². The lowest BCUT2D eigenvalue weighted by Crippen LogP contribution is -1.95. The highest BCUT2D eigenvalue weighted by atomic mass is 35.5. The largest absolute Gasteiger partial charge is 0.325 e. The first-order valence-electron chi connectivity index (χ1n) is 3.64. The summed E-state index contributed by atoms with van der Waals surface area (Å²) in [5, 5.41) is 9.15. The summed E-state index contributed by atoms with van der Waals surface area (Å²) in [7, 11) is 0. The number of hydrogen-bond donors (Lipinski definition) is 1. The van der Waals surface area contributed by atoms with Crippen molar-refractivity contribution in [1.29, 1.82) is 0 Å². The van der Waals surface area contributed by atoms with Crippen LogP contribution in [0.5, 0.6) is 0 Å². The van der Waals surface area contributed by atoms with Crippen LogP contribution < -0.4 is 0 Å². The molecule has 0 aromatic heterocycles. The molecule has 3 nitrogen and oxygen atoms in total. The Morgan fingerprint density at radius 1 is 1.62 bits per heavy atom. The van der Waals surface area contributed by atoms with Crippen LogP contribution in [0.4, 0.5) is 5.69 Å². The van der Waals surface area contributed by atoms with E-state index >= 15 is 0 Å². The fourth-order valence-corrected chi connectivity index (χ4v) is 1.19. The molecule has 1 rings (SSSR count). The Morgan fingerprint density at radius 2 is 2.23 bits per heavy atom. The van der Waals surface area contributed by atoms with Crippen LogP contribution in [0.25, 0.3) is 5.57 Å².